The van der Waals surface area contributed by atoms with Gasteiger partial charge in [0.15, 0.2) is 0 Å². The van der Waals surface area contributed by atoms with Gasteiger partial charge in [-0.2, -0.15) is 0 Å². The summed E-state index contributed by atoms with van der Waals surface area (Å²) in [5.74, 6) is 0. The van der Waals surface area contributed by atoms with Crippen LogP contribution in [0.2, 0.25) is 77.0 Å². The molecule has 14 aromatic rings. The predicted octanol–water partition coefficient (Wildman–Crippen LogP) is 21.6. The molecule has 14 heteroatoms. The van der Waals surface area contributed by atoms with E-state index < -0.39 is 32.3 Å². The van der Waals surface area contributed by atoms with Crippen molar-refractivity contribution < 1.29 is 0 Å². The van der Waals surface area contributed by atoms with Crippen molar-refractivity contribution in [2.24, 2.45) is 0 Å². The van der Waals surface area contributed by atoms with E-state index in [9.17, 15) is 0 Å². The maximum absolute atomic E-state index is 8.07. The predicted molar refractivity (Wildman–Crippen MR) is 433 cm³/mol. The van der Waals surface area contributed by atoms with Crippen molar-refractivity contribution in [3.63, 3.8) is 0 Å². The van der Waals surface area contributed by atoms with Gasteiger partial charge in [-0.1, -0.05) is 238 Å². The van der Waals surface area contributed by atoms with Crippen LogP contribution in [0.4, 0.5) is 68.2 Å². The molecule has 0 saturated heterocycles. The quantitative estimate of drug-likeness (QED) is 0.101. The molecule has 2 aliphatic rings. The molecule has 0 fully saturated rings. The van der Waals surface area contributed by atoms with Crippen LogP contribution in [0.5, 0.6) is 0 Å². The molecule has 10 aromatic carbocycles. The Bertz CT molecular complexity index is 5270. The Kier molecular flexibility index (Phi) is 15.1. The minimum absolute atomic E-state index is 0.0593. The molecule has 464 valence electrons. The fourth-order valence-electron chi connectivity index (χ4n) is 14.5. The average Bonchev–Trinajstić information content (AvgIpc) is 1.44. The van der Waals surface area contributed by atoms with E-state index in [1.165, 1.54) is 116 Å². The van der Waals surface area contributed by atoms with Gasteiger partial charge in [-0.25, -0.2) is 0 Å². The van der Waals surface area contributed by atoms with Crippen LogP contribution in [0.15, 0.2) is 235 Å². The number of anilines is 12. The van der Waals surface area contributed by atoms with E-state index in [0.717, 1.165) is 40.2 Å². The molecule has 0 saturated carbocycles. The van der Waals surface area contributed by atoms with E-state index in [1.54, 1.807) is 22.7 Å². The van der Waals surface area contributed by atoms with Gasteiger partial charge in [0.25, 0.3) is 6.71 Å². The lowest BCUT2D eigenvalue weighted by molar-refractivity contribution is 1.27. The molecule has 6 heterocycles. The second kappa shape index (κ2) is 23.1. The Balaban J connectivity index is 0.811. The molecule has 16 rings (SSSR count). The third kappa shape index (κ3) is 10.3. The van der Waals surface area contributed by atoms with Gasteiger partial charge in [0.1, 0.15) is 0 Å². The van der Waals surface area contributed by atoms with Crippen LogP contribution in [-0.4, -0.2) is 39.0 Å². The molecule has 0 unspecified atom stereocenters. The first kappa shape index (κ1) is 61.3. The lowest BCUT2D eigenvalue weighted by Crippen LogP contribution is -2.59. The Morgan fingerprint density at radius 1 is 0.383 bits per heavy atom. The molecule has 0 amide bonds. The SMILES string of the molecule is C[Si](C)(C)c1ccc(N(c2cccc(N(c3ccc([Si](C)(C)Cc4cccc5c6c(sc45)B4c5sc7ccccc7c5N(c5ccc([Si](C)(C)C)cc5)c5cccc(c54)N6c4ccc([Si](C)(C)C)cc4)cc3)c3csc4ccccc34)c2Cl)c2csc3ccccc23)cc1. The monoisotopic (exact) mass is 1380 g/mol. The van der Waals surface area contributed by atoms with Crippen molar-refractivity contribution >= 4 is 240 Å². The van der Waals surface area contributed by atoms with E-state index in [-0.39, 0.29) is 6.71 Å². The zero-order chi connectivity index (χ0) is 64.7. The summed E-state index contributed by atoms with van der Waals surface area (Å²) < 4.78 is 8.06. The fraction of sp³-hybridized carbons (Fsp3) is 0.150. The topological polar surface area (TPSA) is 13.0 Å². The average molecular weight is 1380 g/mol. The maximum Gasteiger partial charge on any atom is 0.277 e. The lowest BCUT2D eigenvalue weighted by Gasteiger charge is -2.42. The van der Waals surface area contributed by atoms with Crippen molar-refractivity contribution in [1.82, 2.24) is 0 Å². The number of fused-ring (bicyclic) bond motifs is 10. The van der Waals surface area contributed by atoms with Crippen molar-refractivity contribution in [2.45, 2.75) is 78.1 Å². The first-order chi connectivity index (χ1) is 45.2. The summed E-state index contributed by atoms with van der Waals surface area (Å²) in [4.78, 5) is 10.0. The Morgan fingerprint density at radius 2 is 0.787 bits per heavy atom. The van der Waals surface area contributed by atoms with Gasteiger partial charge in [-0.05, 0) is 108 Å². The summed E-state index contributed by atoms with van der Waals surface area (Å²) in [5, 5.41) is 16.1. The zero-order valence-corrected chi connectivity index (χ0v) is 63.1. The van der Waals surface area contributed by atoms with Crippen molar-refractivity contribution in [3.8, 4) is 0 Å². The summed E-state index contributed by atoms with van der Waals surface area (Å²) >= 11 is 15.7. The van der Waals surface area contributed by atoms with Crippen molar-refractivity contribution in [2.75, 3.05) is 19.6 Å². The summed E-state index contributed by atoms with van der Waals surface area (Å²) in [6.45, 7) is 27.1. The molecular formula is C80H74BClN4S4Si4. The number of nitrogens with zero attached hydrogens (tertiary/aromatic N) is 4. The third-order valence-corrected chi connectivity index (χ3v) is 33.8. The second-order valence-corrected chi connectivity index (χ2v) is 53.5. The van der Waals surface area contributed by atoms with Crippen LogP contribution in [0.25, 0.3) is 40.3 Å². The number of benzene rings is 10. The standard InChI is InChI=1S/C80H74BClN4S4Si4/c1-91(2,3)57-41-33-53(34-42-57)83(69-49-87-71-30-15-12-22-61(69)71)67-28-20-29-68(75(67)82)84(70-50-88-72-31-16-13-23-62(70)72)54-39-47-60(48-40-54)94(10,11)51-52-21-18-25-64-77-80(90-78(52)64)81-74-65(26-19-27-66(74)86(77)56-37-45-59(46-38-56)93(7,8)9)85(55-35-43-58(44-36-55)92(4,5)6)76-63-24-14-17-32-73(63)89-79(76)81/h12-50H,51H2,1-11H3. The molecule has 0 N–H and O–H groups in total. The van der Waals surface area contributed by atoms with Gasteiger partial charge in [0.05, 0.1) is 71.4 Å². The second-order valence-electron chi connectivity index (χ2n) is 29.2. The zero-order valence-electron chi connectivity index (χ0n) is 55.1. The highest BCUT2D eigenvalue weighted by Gasteiger charge is 2.47. The minimum Gasteiger partial charge on any atom is -0.310 e. The van der Waals surface area contributed by atoms with Gasteiger partial charge in [0.2, 0.25) is 0 Å². The Hall–Kier alpha value is -7.54. The molecule has 0 aliphatic carbocycles. The van der Waals surface area contributed by atoms with Crippen molar-refractivity contribution in [3.05, 3.63) is 246 Å². The smallest absolute Gasteiger partial charge is 0.277 e. The number of hydrogen-bond donors (Lipinski definition) is 0. The van der Waals surface area contributed by atoms with E-state index in [4.69, 9.17) is 11.6 Å². The molecule has 0 atom stereocenters. The van der Waals surface area contributed by atoms with Crippen molar-refractivity contribution in [1.29, 1.82) is 0 Å². The molecule has 94 heavy (non-hydrogen) atoms. The molecule has 0 spiro atoms. The molecule has 4 nitrogen and oxygen atoms in total. The van der Waals surface area contributed by atoms with Gasteiger partial charge in [-0.15, -0.1) is 45.3 Å². The Morgan fingerprint density at radius 3 is 1.29 bits per heavy atom. The summed E-state index contributed by atoms with van der Waals surface area (Å²) in [7, 11) is -6.92. The molecule has 0 radical (unpaired) electrons. The van der Waals surface area contributed by atoms with E-state index in [1.807, 2.05) is 22.7 Å². The van der Waals surface area contributed by atoms with Crippen LogP contribution in [-0.2, 0) is 6.04 Å². The van der Waals surface area contributed by atoms with E-state index in [2.05, 4.69) is 327 Å². The van der Waals surface area contributed by atoms with Crippen LogP contribution in [0.3, 0.4) is 0 Å². The van der Waals surface area contributed by atoms with E-state index >= 15 is 0 Å². The molecule has 2 aliphatic heterocycles. The van der Waals surface area contributed by atoms with Gasteiger partial charge in [0, 0.05) is 94.8 Å². The minimum atomic E-state index is -2.22. The van der Waals surface area contributed by atoms with Crippen LogP contribution in [0, 0.1) is 0 Å². The number of thiophene rings is 4. The van der Waals surface area contributed by atoms with Gasteiger partial charge in [-0.3, -0.25) is 0 Å². The largest absolute Gasteiger partial charge is 0.310 e. The van der Waals surface area contributed by atoms with Gasteiger partial charge < -0.3 is 19.6 Å². The molecular weight excluding hydrogens is 1300 g/mol. The Labute approximate surface area is 578 Å². The summed E-state index contributed by atoms with van der Waals surface area (Å²) in [6, 6.07) is 86.6. The number of hydrogen-bond acceptors (Lipinski definition) is 8. The highest BCUT2D eigenvalue weighted by Crippen LogP contribution is 2.53. The fourth-order valence-corrected chi connectivity index (χ4v) is 25.6. The highest BCUT2D eigenvalue weighted by molar-refractivity contribution is 7.41. The molecule has 4 aromatic heterocycles. The van der Waals surface area contributed by atoms with E-state index in [0.29, 0.717) is 5.02 Å². The van der Waals surface area contributed by atoms with Crippen LogP contribution in [0.1, 0.15) is 5.56 Å². The lowest BCUT2D eigenvalue weighted by atomic mass is 9.39. The number of rotatable bonds is 14. The summed E-state index contributed by atoms with van der Waals surface area (Å²) in [5.41, 5.74) is 16.7. The number of halogens is 1. The van der Waals surface area contributed by atoms with Crippen LogP contribution >= 0.6 is 56.9 Å². The normalized spacial score (nSPS) is 13.3. The first-order valence-electron chi connectivity index (χ1n) is 32.7. The maximum atomic E-state index is 8.07. The highest BCUT2D eigenvalue weighted by atomic mass is 35.5. The van der Waals surface area contributed by atoms with Gasteiger partial charge >= 0.3 is 0 Å². The first-order valence-corrected chi connectivity index (χ1v) is 50.2. The van der Waals surface area contributed by atoms with Crippen LogP contribution < -0.4 is 55.4 Å². The third-order valence-electron chi connectivity index (χ3n) is 19.6. The molecule has 0 bridgehead atoms. The summed E-state index contributed by atoms with van der Waals surface area (Å²) in [6.07, 6.45) is 0.